The van der Waals surface area contributed by atoms with Crippen LogP contribution in [0.15, 0.2) is 30.3 Å². The zero-order valence-corrected chi connectivity index (χ0v) is 14.6. The van der Waals surface area contributed by atoms with Gasteiger partial charge >= 0.3 is 6.03 Å². The first-order valence-corrected chi connectivity index (χ1v) is 8.62. The van der Waals surface area contributed by atoms with Crippen LogP contribution in [0.3, 0.4) is 0 Å². The summed E-state index contributed by atoms with van der Waals surface area (Å²) in [5, 5.41) is 12.7. The van der Waals surface area contributed by atoms with Crippen molar-refractivity contribution in [2.45, 2.75) is 46.1 Å². The molecular weight excluding hydrogens is 288 g/mol. The van der Waals surface area contributed by atoms with Gasteiger partial charge in [0.2, 0.25) is 0 Å². The highest BCUT2D eigenvalue weighted by atomic mass is 16.3. The minimum absolute atomic E-state index is 0.0228. The van der Waals surface area contributed by atoms with Crippen molar-refractivity contribution in [3.63, 3.8) is 0 Å². The Morgan fingerprint density at radius 1 is 1.30 bits per heavy atom. The van der Waals surface area contributed by atoms with E-state index in [2.05, 4.69) is 43.4 Å². The van der Waals surface area contributed by atoms with E-state index >= 15 is 0 Å². The Morgan fingerprint density at radius 3 is 2.48 bits per heavy atom. The van der Waals surface area contributed by atoms with E-state index < -0.39 is 0 Å². The van der Waals surface area contributed by atoms with Gasteiger partial charge in [0.25, 0.3) is 0 Å². The number of nitrogens with one attached hydrogen (secondary N) is 1. The summed E-state index contributed by atoms with van der Waals surface area (Å²) in [6.45, 7) is 8.34. The molecule has 1 aromatic carbocycles. The number of benzene rings is 1. The highest BCUT2D eigenvalue weighted by molar-refractivity contribution is 5.74. The minimum atomic E-state index is -0.273. The van der Waals surface area contributed by atoms with Crippen molar-refractivity contribution >= 4 is 6.03 Å². The van der Waals surface area contributed by atoms with Gasteiger partial charge in [-0.3, -0.25) is 0 Å². The maximum atomic E-state index is 12.3. The Morgan fingerprint density at radius 2 is 1.91 bits per heavy atom. The number of hydrogen-bond donors (Lipinski definition) is 2. The predicted octanol–water partition coefficient (Wildman–Crippen LogP) is 3.06. The van der Waals surface area contributed by atoms with Crippen molar-refractivity contribution in [2.24, 2.45) is 11.3 Å². The van der Waals surface area contributed by atoms with Crippen molar-refractivity contribution in [2.75, 3.05) is 19.6 Å². The summed E-state index contributed by atoms with van der Waals surface area (Å²) in [6, 6.07) is 10.4. The average molecular weight is 318 g/mol. The lowest BCUT2D eigenvalue weighted by Gasteiger charge is -2.34. The third-order valence-corrected chi connectivity index (χ3v) is 4.75. The molecule has 0 spiro atoms. The summed E-state index contributed by atoms with van der Waals surface area (Å²) in [7, 11) is 0. The van der Waals surface area contributed by atoms with Crippen LogP contribution in [0.2, 0.25) is 0 Å². The monoisotopic (exact) mass is 318 g/mol. The lowest BCUT2D eigenvalue weighted by Crippen LogP contribution is -2.48. The van der Waals surface area contributed by atoms with E-state index in [0.29, 0.717) is 12.5 Å². The van der Waals surface area contributed by atoms with E-state index in [0.717, 1.165) is 32.4 Å². The fourth-order valence-electron chi connectivity index (χ4n) is 3.22. The topological polar surface area (TPSA) is 52.6 Å². The molecule has 0 radical (unpaired) electrons. The van der Waals surface area contributed by atoms with Gasteiger partial charge in [0.05, 0.1) is 6.10 Å². The van der Waals surface area contributed by atoms with Crippen LogP contribution in [-0.2, 0) is 6.42 Å². The number of nitrogens with zero attached hydrogens (tertiary/aromatic N) is 1. The number of urea groups is 1. The maximum Gasteiger partial charge on any atom is 0.317 e. The summed E-state index contributed by atoms with van der Waals surface area (Å²) >= 11 is 0. The first-order valence-electron chi connectivity index (χ1n) is 8.62. The molecule has 4 nitrogen and oxygen atoms in total. The van der Waals surface area contributed by atoms with E-state index in [9.17, 15) is 9.90 Å². The molecule has 1 aromatic rings. The summed E-state index contributed by atoms with van der Waals surface area (Å²) < 4.78 is 0. The van der Waals surface area contributed by atoms with Gasteiger partial charge in [-0.05, 0) is 43.1 Å². The SMILES string of the molecule is CC(O)C1CCN(C(=O)NCC(C)(C)Cc2ccccc2)CC1. The molecule has 4 heteroatoms. The van der Waals surface area contributed by atoms with Crippen molar-refractivity contribution in [3.05, 3.63) is 35.9 Å². The second-order valence-corrected chi connectivity index (χ2v) is 7.55. The molecule has 128 valence electrons. The number of amides is 2. The van der Waals surface area contributed by atoms with Gasteiger partial charge in [-0.25, -0.2) is 4.79 Å². The normalized spacial score (nSPS) is 17.8. The molecule has 1 aliphatic rings. The Hall–Kier alpha value is -1.55. The molecule has 1 heterocycles. The van der Waals surface area contributed by atoms with Gasteiger partial charge in [-0.15, -0.1) is 0 Å². The Bertz CT molecular complexity index is 491. The number of likely N-dealkylation sites (tertiary alicyclic amines) is 1. The van der Waals surface area contributed by atoms with Crippen LogP contribution >= 0.6 is 0 Å². The largest absolute Gasteiger partial charge is 0.393 e. The molecule has 0 aromatic heterocycles. The second kappa shape index (κ2) is 7.82. The van der Waals surface area contributed by atoms with Gasteiger partial charge in [0.15, 0.2) is 0 Å². The molecule has 0 aliphatic carbocycles. The number of hydrogen-bond acceptors (Lipinski definition) is 2. The van der Waals surface area contributed by atoms with Crippen LogP contribution in [0, 0.1) is 11.3 Å². The Kier molecular flexibility index (Phi) is 6.05. The number of piperidine rings is 1. The number of carbonyl (C=O) groups is 1. The zero-order valence-electron chi connectivity index (χ0n) is 14.6. The van der Waals surface area contributed by atoms with Gasteiger partial charge < -0.3 is 15.3 Å². The van der Waals surface area contributed by atoms with Crippen LogP contribution in [0.1, 0.15) is 39.2 Å². The molecular formula is C19H30N2O2. The summed E-state index contributed by atoms with van der Waals surface area (Å²) in [4.78, 5) is 14.2. The van der Waals surface area contributed by atoms with Crippen molar-refractivity contribution in [3.8, 4) is 0 Å². The Balaban J connectivity index is 1.77. The van der Waals surface area contributed by atoms with E-state index in [1.165, 1.54) is 5.56 Å². The molecule has 0 bridgehead atoms. The van der Waals surface area contributed by atoms with E-state index in [4.69, 9.17) is 0 Å². The second-order valence-electron chi connectivity index (χ2n) is 7.55. The van der Waals surface area contributed by atoms with Crippen molar-refractivity contribution in [1.82, 2.24) is 10.2 Å². The van der Waals surface area contributed by atoms with Crippen LogP contribution in [0.4, 0.5) is 4.79 Å². The fourth-order valence-corrected chi connectivity index (χ4v) is 3.22. The quantitative estimate of drug-likeness (QED) is 0.876. The van der Waals surface area contributed by atoms with Gasteiger partial charge in [0.1, 0.15) is 0 Å². The molecule has 1 fully saturated rings. The molecule has 1 aliphatic heterocycles. The van der Waals surface area contributed by atoms with E-state index in [1.807, 2.05) is 17.9 Å². The highest BCUT2D eigenvalue weighted by Crippen LogP contribution is 2.22. The molecule has 23 heavy (non-hydrogen) atoms. The third kappa shape index (κ3) is 5.54. The van der Waals surface area contributed by atoms with Crippen molar-refractivity contribution in [1.29, 1.82) is 0 Å². The van der Waals surface area contributed by atoms with Crippen LogP contribution < -0.4 is 5.32 Å². The Labute approximate surface area is 139 Å². The average Bonchev–Trinajstić information content (AvgIpc) is 2.53. The van der Waals surface area contributed by atoms with Crippen LogP contribution in [0.25, 0.3) is 0 Å². The first kappa shape index (κ1) is 17.8. The molecule has 2 amide bonds. The highest BCUT2D eigenvalue weighted by Gasteiger charge is 2.26. The van der Waals surface area contributed by atoms with Crippen molar-refractivity contribution < 1.29 is 9.90 Å². The van der Waals surface area contributed by atoms with E-state index in [1.54, 1.807) is 0 Å². The summed E-state index contributed by atoms with van der Waals surface area (Å²) in [5.74, 6) is 0.327. The minimum Gasteiger partial charge on any atom is -0.393 e. The number of rotatable bonds is 5. The maximum absolute atomic E-state index is 12.3. The van der Waals surface area contributed by atoms with E-state index in [-0.39, 0.29) is 17.6 Å². The van der Waals surface area contributed by atoms with Crippen LogP contribution in [-0.4, -0.2) is 41.8 Å². The predicted molar refractivity (Wildman–Crippen MR) is 93.3 cm³/mol. The number of aliphatic hydroxyl groups is 1. The molecule has 1 saturated heterocycles. The lowest BCUT2D eigenvalue weighted by molar-refractivity contribution is 0.0793. The lowest BCUT2D eigenvalue weighted by atomic mass is 9.86. The molecule has 2 rings (SSSR count). The summed E-state index contributed by atoms with van der Waals surface area (Å²) in [6.07, 6.45) is 2.44. The van der Waals surface area contributed by atoms with Gasteiger partial charge in [-0.1, -0.05) is 44.2 Å². The fraction of sp³-hybridized carbons (Fsp3) is 0.632. The molecule has 2 N–H and O–H groups in total. The summed E-state index contributed by atoms with van der Waals surface area (Å²) in [5.41, 5.74) is 1.32. The van der Waals surface area contributed by atoms with Crippen LogP contribution in [0.5, 0.6) is 0 Å². The van der Waals surface area contributed by atoms with Gasteiger partial charge in [0, 0.05) is 19.6 Å². The molecule has 1 atom stereocenters. The standard InChI is InChI=1S/C19H30N2O2/c1-15(22)17-9-11-21(12-10-17)18(23)20-14-19(2,3)13-16-7-5-4-6-8-16/h4-8,15,17,22H,9-14H2,1-3H3,(H,20,23). The number of aliphatic hydroxyl groups excluding tert-OH is 1. The molecule has 1 unspecified atom stereocenters. The first-order chi connectivity index (χ1) is 10.9. The number of carbonyl (C=O) groups excluding carboxylic acids is 1. The zero-order chi connectivity index (χ0) is 16.9. The smallest absolute Gasteiger partial charge is 0.317 e. The molecule has 0 saturated carbocycles. The van der Waals surface area contributed by atoms with Gasteiger partial charge in [-0.2, -0.15) is 0 Å². The third-order valence-electron chi connectivity index (χ3n) is 4.75.